The third kappa shape index (κ3) is 13.5. The number of imidazole rings is 1. The summed E-state index contributed by atoms with van der Waals surface area (Å²) in [5.74, 6) is -1.47. The number of carbonyl (C=O) groups is 5. The maximum Gasteiger partial charge on any atom is 0.255 e. The molecule has 1 aliphatic heterocycles. The number of nitrogens with one attached hydrogen (secondary N) is 6. The topological polar surface area (TPSA) is 204 Å². The number of rotatable bonds is 15. The lowest BCUT2D eigenvalue weighted by Crippen LogP contribution is -2.59. The van der Waals surface area contributed by atoms with Gasteiger partial charge in [-0.3, -0.25) is 24.0 Å². The zero-order chi connectivity index (χ0) is 39.5. The van der Waals surface area contributed by atoms with E-state index in [0.29, 0.717) is 37.9 Å². The van der Waals surface area contributed by atoms with Crippen LogP contribution in [0.2, 0.25) is 0 Å². The van der Waals surface area contributed by atoms with Crippen molar-refractivity contribution in [3.8, 4) is 5.75 Å². The van der Waals surface area contributed by atoms with Crippen LogP contribution in [0, 0.1) is 5.92 Å². The number of aliphatic hydroxyl groups is 1. The number of amides is 5. The van der Waals surface area contributed by atoms with Crippen molar-refractivity contribution in [2.24, 2.45) is 5.92 Å². The Morgan fingerprint density at radius 1 is 0.768 bits per heavy atom. The van der Waals surface area contributed by atoms with E-state index in [1.165, 1.54) is 57.1 Å². The molecule has 3 aromatic rings. The molecule has 0 bridgehead atoms. The van der Waals surface area contributed by atoms with Gasteiger partial charge in [0.15, 0.2) is 0 Å². The van der Waals surface area contributed by atoms with Gasteiger partial charge in [0.05, 0.1) is 24.5 Å². The monoisotopic (exact) mass is 771 g/mol. The van der Waals surface area contributed by atoms with Gasteiger partial charge in [-0.2, -0.15) is 0 Å². The fourth-order valence-corrected chi connectivity index (χ4v) is 7.38. The van der Waals surface area contributed by atoms with Crippen molar-refractivity contribution in [3.05, 3.63) is 83.9 Å². The summed E-state index contributed by atoms with van der Waals surface area (Å²) in [5, 5.41) is 24.3. The van der Waals surface area contributed by atoms with Gasteiger partial charge >= 0.3 is 0 Å². The van der Waals surface area contributed by atoms with E-state index in [2.05, 4.69) is 36.6 Å². The highest BCUT2D eigenvalue weighted by atomic mass is 16.5. The second-order valence-electron chi connectivity index (χ2n) is 14.9. The highest BCUT2D eigenvalue weighted by molar-refractivity contribution is 6.00. The Bertz CT molecular complexity index is 1700. The molecule has 5 rings (SSSR count). The fourth-order valence-electron chi connectivity index (χ4n) is 7.38. The summed E-state index contributed by atoms with van der Waals surface area (Å²) in [7, 11) is 0. The average Bonchev–Trinajstić information content (AvgIpc) is 3.73. The van der Waals surface area contributed by atoms with Crippen LogP contribution in [0.15, 0.2) is 67.1 Å². The van der Waals surface area contributed by atoms with Gasteiger partial charge in [0, 0.05) is 31.3 Å². The van der Waals surface area contributed by atoms with Crippen LogP contribution in [0.25, 0.3) is 0 Å². The van der Waals surface area contributed by atoms with E-state index in [4.69, 9.17) is 4.74 Å². The Labute approximate surface area is 328 Å². The van der Waals surface area contributed by atoms with Crippen molar-refractivity contribution < 1.29 is 33.8 Å². The molecule has 5 amide bonds. The van der Waals surface area contributed by atoms with Crippen molar-refractivity contribution in [1.29, 1.82) is 0 Å². The first-order valence-corrected chi connectivity index (χ1v) is 20.1. The number of aromatic nitrogens is 2. The van der Waals surface area contributed by atoms with Crippen LogP contribution in [0.5, 0.6) is 5.75 Å². The molecule has 2 aliphatic rings. The Morgan fingerprint density at radius 2 is 1.48 bits per heavy atom. The number of H-pyrrole nitrogens is 1. The van der Waals surface area contributed by atoms with Crippen LogP contribution in [-0.4, -0.2) is 88.5 Å². The second kappa shape index (κ2) is 22.3. The highest BCUT2D eigenvalue weighted by Crippen LogP contribution is 2.28. The lowest BCUT2D eigenvalue weighted by molar-refractivity contribution is -0.133. The number of hydrogen-bond acceptors (Lipinski definition) is 8. The first-order chi connectivity index (χ1) is 27.3. The van der Waals surface area contributed by atoms with Crippen LogP contribution in [-0.2, 0) is 32.0 Å². The molecule has 2 heterocycles. The third-order valence-corrected chi connectivity index (χ3v) is 10.5. The quantitative estimate of drug-likeness (QED) is 0.114. The standard InChI is InChI=1S/C42H57N7O7/c50-26-36-42(55)48-35(24-31-25-43-28-45-31)41(54)47-34(19-11-12-22-44-38(51)21-10-7-15-29-13-3-1-4-14-29)40(53)46-32(23-30-16-5-2-6-17-30)27-56-37-20-9-8-18-33(37)39(52)49-36/h2,5-6,8-9,16-18,20,25,28-29,32,34-36,50H,1,3-4,7,10-15,19,21-24,26-27H2,(H,43,45)(H,44,51)(H,46,53)(H,47,54)(H,48,55)(H,49,52)/t32-,34-,35-,36-/m0/s1. The van der Waals surface area contributed by atoms with Gasteiger partial charge in [0.1, 0.15) is 30.5 Å². The molecule has 0 radical (unpaired) electrons. The minimum absolute atomic E-state index is 0.00198. The first kappa shape index (κ1) is 41.9. The lowest BCUT2D eigenvalue weighted by atomic mass is 9.85. The minimum Gasteiger partial charge on any atom is -0.491 e. The summed E-state index contributed by atoms with van der Waals surface area (Å²) in [5.41, 5.74) is 1.62. The van der Waals surface area contributed by atoms with E-state index in [9.17, 15) is 29.1 Å². The first-order valence-electron chi connectivity index (χ1n) is 20.1. The molecular formula is C42H57N7O7. The number of hydrogen-bond donors (Lipinski definition) is 7. The average molecular weight is 772 g/mol. The summed E-state index contributed by atoms with van der Waals surface area (Å²) >= 11 is 0. The second-order valence-corrected chi connectivity index (χ2v) is 14.9. The number of aliphatic hydroxyl groups excluding tert-OH is 1. The number of fused-ring (bicyclic) bond motifs is 1. The molecule has 0 unspecified atom stereocenters. The van der Waals surface area contributed by atoms with Crippen LogP contribution < -0.4 is 31.3 Å². The number of para-hydroxylation sites is 1. The Morgan fingerprint density at radius 3 is 2.25 bits per heavy atom. The molecule has 1 saturated carbocycles. The molecule has 302 valence electrons. The summed E-state index contributed by atoms with van der Waals surface area (Å²) in [6, 6.07) is 12.0. The summed E-state index contributed by atoms with van der Waals surface area (Å²) < 4.78 is 6.15. The molecule has 7 N–H and O–H groups in total. The van der Waals surface area contributed by atoms with Gasteiger partial charge in [0.2, 0.25) is 23.6 Å². The molecule has 14 nitrogen and oxygen atoms in total. The number of aromatic amines is 1. The van der Waals surface area contributed by atoms with Gasteiger partial charge in [-0.25, -0.2) is 4.98 Å². The van der Waals surface area contributed by atoms with Crippen molar-refractivity contribution in [2.75, 3.05) is 19.8 Å². The lowest BCUT2D eigenvalue weighted by Gasteiger charge is -2.27. The van der Waals surface area contributed by atoms with E-state index < -0.39 is 54.4 Å². The predicted octanol–water partition coefficient (Wildman–Crippen LogP) is 3.26. The zero-order valence-corrected chi connectivity index (χ0v) is 32.1. The third-order valence-electron chi connectivity index (χ3n) is 10.5. The summed E-state index contributed by atoms with van der Waals surface area (Å²) in [4.78, 5) is 74.5. The Kier molecular flexibility index (Phi) is 16.7. The van der Waals surface area contributed by atoms with Crippen molar-refractivity contribution in [3.63, 3.8) is 0 Å². The largest absolute Gasteiger partial charge is 0.491 e. The highest BCUT2D eigenvalue weighted by Gasteiger charge is 2.32. The molecule has 4 atom stereocenters. The molecule has 14 heteroatoms. The Balaban J connectivity index is 1.29. The smallest absolute Gasteiger partial charge is 0.255 e. The van der Waals surface area contributed by atoms with Gasteiger partial charge in [-0.15, -0.1) is 0 Å². The minimum atomic E-state index is -1.39. The predicted molar refractivity (Wildman–Crippen MR) is 210 cm³/mol. The number of benzene rings is 2. The number of unbranched alkanes of at least 4 members (excludes halogenated alkanes) is 2. The van der Waals surface area contributed by atoms with Crippen molar-refractivity contribution in [2.45, 2.75) is 114 Å². The maximum atomic E-state index is 14.1. The van der Waals surface area contributed by atoms with Crippen LogP contribution >= 0.6 is 0 Å². The van der Waals surface area contributed by atoms with Gasteiger partial charge in [-0.1, -0.05) is 87.4 Å². The fraction of sp³-hybridized carbons (Fsp3) is 0.524. The Hall–Kier alpha value is -5.24. The normalized spacial score (nSPS) is 21.4. The molecular weight excluding hydrogens is 715 g/mol. The van der Waals surface area contributed by atoms with E-state index >= 15 is 0 Å². The van der Waals surface area contributed by atoms with E-state index in [0.717, 1.165) is 24.3 Å². The molecule has 2 aromatic carbocycles. The number of carbonyl (C=O) groups excluding carboxylic acids is 5. The molecule has 0 spiro atoms. The SMILES string of the molecule is O=C(CCCCC1CCCCC1)NCCCC[C@@H]1NC(=O)[C@H](Cc2cnc[nH]2)NC(=O)[C@H](CO)NC(=O)c2ccccc2OC[C@H](Cc2ccccc2)NC1=O. The van der Waals surface area contributed by atoms with Gasteiger partial charge in [-0.05, 0) is 55.7 Å². The number of nitrogens with zero attached hydrogens (tertiary/aromatic N) is 1. The van der Waals surface area contributed by atoms with Crippen LogP contribution in [0.1, 0.15) is 98.7 Å². The molecule has 1 aliphatic carbocycles. The van der Waals surface area contributed by atoms with Crippen LogP contribution in [0.3, 0.4) is 0 Å². The van der Waals surface area contributed by atoms with Gasteiger partial charge < -0.3 is 41.4 Å². The van der Waals surface area contributed by atoms with E-state index in [1.807, 2.05) is 30.3 Å². The van der Waals surface area contributed by atoms with Gasteiger partial charge in [0.25, 0.3) is 5.91 Å². The molecule has 1 aromatic heterocycles. The zero-order valence-electron chi connectivity index (χ0n) is 32.1. The van der Waals surface area contributed by atoms with E-state index in [-0.39, 0.29) is 36.7 Å². The number of ether oxygens (including phenoxy) is 1. The van der Waals surface area contributed by atoms with Crippen molar-refractivity contribution in [1.82, 2.24) is 36.6 Å². The molecule has 56 heavy (non-hydrogen) atoms. The maximum absolute atomic E-state index is 14.1. The van der Waals surface area contributed by atoms with Crippen molar-refractivity contribution >= 4 is 29.5 Å². The summed E-state index contributed by atoms with van der Waals surface area (Å²) in [6.45, 7) is -0.300. The molecule has 0 saturated heterocycles. The van der Waals surface area contributed by atoms with Crippen LogP contribution in [0.4, 0.5) is 0 Å². The summed E-state index contributed by atoms with van der Waals surface area (Å²) in [6.07, 6.45) is 15.0. The molecule has 1 fully saturated rings. The van der Waals surface area contributed by atoms with E-state index in [1.54, 1.807) is 18.2 Å².